The molecule has 0 saturated heterocycles. The molecule has 4 nitrogen and oxygen atoms in total. The Hall–Kier alpha value is -0.870. The predicted octanol–water partition coefficient (Wildman–Crippen LogP) is 0.410. The van der Waals surface area contributed by atoms with E-state index in [1.54, 1.807) is 0 Å². The average molecular weight is 199 g/mol. The summed E-state index contributed by atoms with van der Waals surface area (Å²) in [4.78, 5) is 3.98. The second kappa shape index (κ2) is 5.78. The first-order valence-corrected chi connectivity index (χ1v) is 4.80. The Morgan fingerprint density at radius 1 is 1.57 bits per heavy atom. The van der Waals surface area contributed by atoms with Crippen LogP contribution in [0.4, 0.5) is 0 Å². The lowest BCUT2D eigenvalue weighted by Gasteiger charge is -2.28. The summed E-state index contributed by atoms with van der Waals surface area (Å²) >= 11 is 0. The molecular formula is C10H21N3O. The fourth-order valence-corrected chi connectivity index (χ4v) is 1.14. The molecule has 0 amide bonds. The molecule has 1 atom stereocenters. The highest BCUT2D eigenvalue weighted by Crippen LogP contribution is 2.19. The van der Waals surface area contributed by atoms with E-state index in [1.165, 1.54) is 0 Å². The molecular weight excluding hydrogens is 178 g/mol. The zero-order valence-corrected chi connectivity index (χ0v) is 9.08. The SMILES string of the molecule is C=C(C)C(N)(CC)CCN=C(N)CO. The molecule has 0 aromatic heterocycles. The van der Waals surface area contributed by atoms with Gasteiger partial charge in [0.1, 0.15) is 12.4 Å². The molecule has 0 rings (SSSR count). The fraction of sp³-hybridized carbons (Fsp3) is 0.700. The summed E-state index contributed by atoms with van der Waals surface area (Å²) in [5, 5.41) is 8.63. The van der Waals surface area contributed by atoms with Crippen LogP contribution < -0.4 is 11.5 Å². The Bertz CT molecular complexity index is 225. The van der Waals surface area contributed by atoms with Crippen molar-refractivity contribution in [2.45, 2.75) is 32.2 Å². The Morgan fingerprint density at radius 3 is 2.50 bits per heavy atom. The number of nitrogens with zero attached hydrogens (tertiary/aromatic N) is 1. The van der Waals surface area contributed by atoms with E-state index < -0.39 is 0 Å². The van der Waals surface area contributed by atoms with Crippen molar-refractivity contribution in [1.82, 2.24) is 0 Å². The van der Waals surface area contributed by atoms with Gasteiger partial charge in [-0.1, -0.05) is 19.1 Å². The van der Waals surface area contributed by atoms with E-state index in [1.807, 2.05) is 13.8 Å². The zero-order valence-electron chi connectivity index (χ0n) is 9.08. The number of hydrogen-bond acceptors (Lipinski definition) is 3. The molecule has 14 heavy (non-hydrogen) atoms. The monoisotopic (exact) mass is 199 g/mol. The second-order valence-electron chi connectivity index (χ2n) is 3.57. The summed E-state index contributed by atoms with van der Waals surface area (Å²) < 4.78 is 0. The smallest absolute Gasteiger partial charge is 0.120 e. The minimum absolute atomic E-state index is 0.198. The molecule has 82 valence electrons. The van der Waals surface area contributed by atoms with Crippen molar-refractivity contribution >= 4 is 5.84 Å². The lowest BCUT2D eigenvalue weighted by Crippen LogP contribution is -2.40. The quantitative estimate of drug-likeness (QED) is 0.329. The fourth-order valence-electron chi connectivity index (χ4n) is 1.14. The third-order valence-corrected chi connectivity index (χ3v) is 2.52. The van der Waals surface area contributed by atoms with Crippen LogP contribution in [0.1, 0.15) is 26.7 Å². The van der Waals surface area contributed by atoms with Crippen molar-refractivity contribution in [1.29, 1.82) is 0 Å². The Kier molecular flexibility index (Phi) is 5.42. The Labute approximate surface area is 85.7 Å². The van der Waals surface area contributed by atoms with Gasteiger partial charge in [-0.05, 0) is 19.8 Å². The maximum atomic E-state index is 8.63. The van der Waals surface area contributed by atoms with Gasteiger partial charge in [0.2, 0.25) is 0 Å². The lowest BCUT2D eigenvalue weighted by molar-refractivity contribution is 0.355. The van der Waals surface area contributed by atoms with Crippen LogP contribution in [-0.2, 0) is 0 Å². The van der Waals surface area contributed by atoms with E-state index in [9.17, 15) is 0 Å². The number of amidine groups is 1. The van der Waals surface area contributed by atoms with E-state index in [2.05, 4.69) is 11.6 Å². The van der Waals surface area contributed by atoms with Crippen LogP contribution >= 0.6 is 0 Å². The molecule has 0 aromatic carbocycles. The van der Waals surface area contributed by atoms with Crippen LogP contribution in [0.15, 0.2) is 17.1 Å². The highest BCUT2D eigenvalue weighted by molar-refractivity contribution is 5.81. The molecule has 0 aliphatic rings. The van der Waals surface area contributed by atoms with E-state index in [0.29, 0.717) is 13.0 Å². The van der Waals surface area contributed by atoms with Gasteiger partial charge >= 0.3 is 0 Å². The zero-order chi connectivity index (χ0) is 11.2. The molecule has 5 N–H and O–H groups in total. The minimum atomic E-state index is -0.362. The Balaban J connectivity index is 4.16. The van der Waals surface area contributed by atoms with Gasteiger partial charge in [0.05, 0.1) is 0 Å². The van der Waals surface area contributed by atoms with Crippen LogP contribution in [0, 0.1) is 0 Å². The van der Waals surface area contributed by atoms with Gasteiger partial charge in [-0.3, -0.25) is 4.99 Å². The van der Waals surface area contributed by atoms with Crippen molar-refractivity contribution in [3.05, 3.63) is 12.2 Å². The van der Waals surface area contributed by atoms with E-state index in [-0.39, 0.29) is 18.0 Å². The van der Waals surface area contributed by atoms with Crippen LogP contribution in [0.3, 0.4) is 0 Å². The molecule has 1 unspecified atom stereocenters. The third-order valence-electron chi connectivity index (χ3n) is 2.52. The van der Waals surface area contributed by atoms with Crippen molar-refractivity contribution in [2.75, 3.05) is 13.2 Å². The van der Waals surface area contributed by atoms with Gasteiger partial charge in [-0.15, -0.1) is 0 Å². The van der Waals surface area contributed by atoms with Crippen LogP contribution in [-0.4, -0.2) is 29.6 Å². The summed E-state index contributed by atoms with van der Waals surface area (Å²) in [5.41, 5.74) is 12.0. The molecule has 0 radical (unpaired) electrons. The Morgan fingerprint density at radius 2 is 2.14 bits per heavy atom. The van der Waals surface area contributed by atoms with Gasteiger partial charge in [-0.2, -0.15) is 0 Å². The maximum Gasteiger partial charge on any atom is 0.120 e. The molecule has 0 fully saturated rings. The molecule has 0 bridgehead atoms. The number of aliphatic hydroxyl groups excluding tert-OH is 1. The maximum absolute atomic E-state index is 8.63. The highest BCUT2D eigenvalue weighted by Gasteiger charge is 2.22. The third kappa shape index (κ3) is 3.89. The van der Waals surface area contributed by atoms with E-state index in [4.69, 9.17) is 16.6 Å². The summed E-state index contributed by atoms with van der Waals surface area (Å²) in [5.74, 6) is 0.255. The minimum Gasteiger partial charge on any atom is -0.388 e. The average Bonchev–Trinajstić information content (AvgIpc) is 2.16. The topological polar surface area (TPSA) is 84.6 Å². The van der Waals surface area contributed by atoms with Gasteiger partial charge in [0.25, 0.3) is 0 Å². The summed E-state index contributed by atoms with van der Waals surface area (Å²) in [7, 11) is 0. The van der Waals surface area contributed by atoms with Crippen LogP contribution in [0.25, 0.3) is 0 Å². The first-order valence-electron chi connectivity index (χ1n) is 4.80. The number of aliphatic hydroxyl groups is 1. The highest BCUT2D eigenvalue weighted by atomic mass is 16.3. The standard InChI is InChI=1S/C10H21N3O/c1-4-10(12,8(2)3)5-6-13-9(11)7-14/h14H,2,4-7,12H2,1,3H3,(H2,11,13). The molecule has 0 aliphatic heterocycles. The van der Waals surface area contributed by atoms with Crippen molar-refractivity contribution in [3.8, 4) is 0 Å². The van der Waals surface area contributed by atoms with Crippen LogP contribution in [0.2, 0.25) is 0 Å². The molecule has 0 saturated carbocycles. The molecule has 0 aromatic rings. The van der Waals surface area contributed by atoms with E-state index >= 15 is 0 Å². The first-order chi connectivity index (χ1) is 6.46. The van der Waals surface area contributed by atoms with Crippen molar-refractivity contribution in [3.63, 3.8) is 0 Å². The molecule has 0 heterocycles. The summed E-state index contributed by atoms with van der Waals surface area (Å²) in [6.45, 7) is 8.14. The second-order valence-corrected chi connectivity index (χ2v) is 3.57. The van der Waals surface area contributed by atoms with Gasteiger partial charge in [0, 0.05) is 12.1 Å². The molecule has 0 aliphatic carbocycles. The van der Waals surface area contributed by atoms with E-state index in [0.717, 1.165) is 12.0 Å². The lowest BCUT2D eigenvalue weighted by atomic mass is 9.87. The molecule has 0 spiro atoms. The van der Waals surface area contributed by atoms with Gasteiger partial charge in [0.15, 0.2) is 0 Å². The number of nitrogens with two attached hydrogens (primary N) is 2. The first kappa shape index (κ1) is 13.1. The normalized spacial score (nSPS) is 16.4. The van der Waals surface area contributed by atoms with Crippen molar-refractivity contribution in [2.24, 2.45) is 16.5 Å². The largest absolute Gasteiger partial charge is 0.388 e. The van der Waals surface area contributed by atoms with Gasteiger partial charge in [-0.25, -0.2) is 0 Å². The summed E-state index contributed by atoms with van der Waals surface area (Å²) in [6.07, 6.45) is 1.54. The number of aliphatic imine (C=N–C) groups is 1. The van der Waals surface area contributed by atoms with Crippen LogP contribution in [0.5, 0.6) is 0 Å². The number of rotatable bonds is 6. The predicted molar refractivity (Wildman–Crippen MR) is 60.2 cm³/mol. The number of hydrogen-bond donors (Lipinski definition) is 3. The van der Waals surface area contributed by atoms with Gasteiger partial charge < -0.3 is 16.6 Å². The van der Waals surface area contributed by atoms with Crippen molar-refractivity contribution < 1.29 is 5.11 Å². The molecule has 4 heteroatoms. The summed E-state index contributed by atoms with van der Waals surface area (Å²) in [6, 6.07) is 0.